The second-order valence-corrected chi connectivity index (χ2v) is 5.97. The predicted octanol–water partition coefficient (Wildman–Crippen LogP) is 1.83. The van der Waals surface area contributed by atoms with Crippen LogP contribution in [0.2, 0.25) is 0 Å². The fraction of sp³-hybridized carbons (Fsp3) is 0.412. The summed E-state index contributed by atoms with van der Waals surface area (Å²) in [5, 5.41) is 4.25. The van der Waals surface area contributed by atoms with E-state index in [1.165, 1.54) is 5.56 Å². The predicted molar refractivity (Wildman–Crippen MR) is 85.1 cm³/mol. The molecule has 0 radical (unpaired) electrons. The number of hydrogen-bond acceptors (Lipinski definition) is 3. The zero-order chi connectivity index (χ0) is 15.5. The van der Waals surface area contributed by atoms with Gasteiger partial charge >= 0.3 is 0 Å². The van der Waals surface area contributed by atoms with Crippen molar-refractivity contribution in [3.63, 3.8) is 0 Å². The van der Waals surface area contributed by atoms with Gasteiger partial charge < -0.3 is 5.73 Å². The van der Waals surface area contributed by atoms with Gasteiger partial charge in [-0.25, -0.2) is 0 Å². The molecule has 116 valence electrons. The van der Waals surface area contributed by atoms with Gasteiger partial charge in [0, 0.05) is 13.2 Å². The lowest BCUT2D eigenvalue weighted by molar-refractivity contribution is -0.124. The normalized spacial score (nSPS) is 18.2. The van der Waals surface area contributed by atoms with Crippen molar-refractivity contribution in [3.8, 4) is 0 Å². The number of aromatic nitrogens is 2. The number of likely N-dealkylation sites (tertiary alicyclic amines) is 1. The molecule has 1 fully saturated rings. The largest absolute Gasteiger partial charge is 0.368 e. The summed E-state index contributed by atoms with van der Waals surface area (Å²) < 4.78 is 1.85. The maximum Gasteiger partial charge on any atom is 0.239 e. The Morgan fingerprint density at radius 1 is 1.27 bits per heavy atom. The number of amides is 1. The van der Waals surface area contributed by atoms with E-state index >= 15 is 0 Å². The lowest BCUT2D eigenvalue weighted by Crippen LogP contribution is -2.42. The lowest BCUT2D eigenvalue weighted by Gasteiger charge is -2.36. The summed E-state index contributed by atoms with van der Waals surface area (Å²) in [5.74, 6) is 0.250. The first-order valence-corrected chi connectivity index (χ1v) is 7.72. The molecule has 0 bridgehead atoms. The maximum absolute atomic E-state index is 11.9. The van der Waals surface area contributed by atoms with Gasteiger partial charge in [0.25, 0.3) is 0 Å². The Labute approximate surface area is 130 Å². The van der Waals surface area contributed by atoms with E-state index in [1.807, 2.05) is 48.3 Å². The molecule has 1 aliphatic heterocycles. The Morgan fingerprint density at radius 3 is 2.50 bits per heavy atom. The Hall–Kier alpha value is -2.14. The summed E-state index contributed by atoms with van der Waals surface area (Å²) in [4.78, 5) is 14.1. The molecule has 2 aromatic rings. The van der Waals surface area contributed by atoms with Crippen LogP contribution in [0.5, 0.6) is 0 Å². The fourth-order valence-electron chi connectivity index (χ4n) is 3.33. The number of benzene rings is 1. The minimum atomic E-state index is -0.323. The first kappa shape index (κ1) is 14.8. The van der Waals surface area contributed by atoms with Crippen LogP contribution in [0.1, 0.15) is 35.9 Å². The van der Waals surface area contributed by atoms with Crippen molar-refractivity contribution in [2.75, 3.05) is 13.1 Å². The molecule has 1 unspecified atom stereocenters. The minimum Gasteiger partial charge on any atom is -0.368 e. The number of piperidine rings is 1. The topological polar surface area (TPSA) is 64.2 Å². The molecule has 0 saturated carbocycles. The van der Waals surface area contributed by atoms with Gasteiger partial charge in [0.1, 0.15) is 6.04 Å². The van der Waals surface area contributed by atoms with Crippen LogP contribution in [0.4, 0.5) is 0 Å². The first-order valence-electron chi connectivity index (χ1n) is 7.72. The van der Waals surface area contributed by atoms with Gasteiger partial charge in [-0.05, 0) is 43.0 Å². The molecule has 1 atom stereocenters. The smallest absolute Gasteiger partial charge is 0.239 e. The number of carbonyl (C=O) groups is 1. The fourth-order valence-corrected chi connectivity index (χ4v) is 3.33. The van der Waals surface area contributed by atoms with E-state index in [9.17, 15) is 4.79 Å². The molecule has 1 aliphatic rings. The van der Waals surface area contributed by atoms with Gasteiger partial charge in [-0.15, -0.1) is 0 Å². The average Bonchev–Trinajstić information content (AvgIpc) is 2.95. The Balaban J connectivity index is 1.70. The number of rotatable bonds is 4. The molecule has 0 aliphatic carbocycles. The SMILES string of the molecule is Cn1cc(C2CCN(C(C(N)=O)c3ccccc3)CC2)cn1. The molecule has 1 aromatic heterocycles. The monoisotopic (exact) mass is 298 g/mol. The van der Waals surface area contributed by atoms with Crippen LogP contribution in [-0.4, -0.2) is 33.7 Å². The van der Waals surface area contributed by atoms with E-state index < -0.39 is 0 Å². The minimum absolute atomic E-state index is 0.272. The molecule has 1 aromatic carbocycles. The second kappa shape index (κ2) is 6.32. The number of aryl methyl sites for hydroxylation is 1. The van der Waals surface area contributed by atoms with Gasteiger partial charge in [-0.2, -0.15) is 5.10 Å². The molecule has 0 spiro atoms. The summed E-state index contributed by atoms with van der Waals surface area (Å²) in [5.41, 5.74) is 7.93. The van der Waals surface area contributed by atoms with E-state index in [-0.39, 0.29) is 11.9 Å². The molecule has 22 heavy (non-hydrogen) atoms. The molecule has 1 saturated heterocycles. The highest BCUT2D eigenvalue weighted by atomic mass is 16.1. The summed E-state index contributed by atoms with van der Waals surface area (Å²) in [7, 11) is 1.94. The van der Waals surface area contributed by atoms with Crippen LogP contribution < -0.4 is 5.73 Å². The van der Waals surface area contributed by atoms with Gasteiger partial charge in [-0.1, -0.05) is 30.3 Å². The average molecular weight is 298 g/mol. The number of carbonyl (C=O) groups excluding carboxylic acids is 1. The van der Waals surface area contributed by atoms with Gasteiger partial charge in [0.05, 0.1) is 6.20 Å². The van der Waals surface area contributed by atoms with Crippen LogP contribution in [0.25, 0.3) is 0 Å². The van der Waals surface area contributed by atoms with Gasteiger partial charge in [0.15, 0.2) is 0 Å². The van der Waals surface area contributed by atoms with Crippen LogP contribution in [0.3, 0.4) is 0 Å². The van der Waals surface area contributed by atoms with E-state index in [0.717, 1.165) is 31.5 Å². The van der Waals surface area contributed by atoms with Gasteiger partial charge in [-0.3, -0.25) is 14.4 Å². The number of nitrogens with zero attached hydrogens (tertiary/aromatic N) is 3. The quantitative estimate of drug-likeness (QED) is 0.936. The van der Waals surface area contributed by atoms with E-state index in [0.29, 0.717) is 5.92 Å². The lowest BCUT2D eigenvalue weighted by atomic mass is 9.90. The highest BCUT2D eigenvalue weighted by Gasteiger charge is 2.30. The Kier molecular flexibility index (Phi) is 4.24. The second-order valence-electron chi connectivity index (χ2n) is 5.97. The molecule has 2 N–H and O–H groups in total. The molecule has 2 heterocycles. The van der Waals surface area contributed by atoms with Crippen LogP contribution in [-0.2, 0) is 11.8 Å². The third kappa shape index (κ3) is 3.04. The van der Waals surface area contributed by atoms with E-state index in [2.05, 4.69) is 16.2 Å². The molecule has 3 rings (SSSR count). The zero-order valence-electron chi connectivity index (χ0n) is 12.9. The zero-order valence-corrected chi connectivity index (χ0v) is 12.9. The highest BCUT2D eigenvalue weighted by Crippen LogP contribution is 2.31. The number of nitrogens with two attached hydrogens (primary N) is 1. The standard InChI is InChI=1S/C17H22N4O/c1-20-12-15(11-19-20)13-7-9-21(10-8-13)16(17(18)22)14-5-3-2-4-6-14/h2-6,11-13,16H,7-10H2,1H3,(H2,18,22). The third-order valence-electron chi connectivity index (χ3n) is 4.48. The van der Waals surface area contributed by atoms with Crippen LogP contribution in [0, 0.1) is 0 Å². The summed E-state index contributed by atoms with van der Waals surface area (Å²) in [6.45, 7) is 1.75. The van der Waals surface area contributed by atoms with Crippen molar-refractivity contribution in [1.29, 1.82) is 0 Å². The number of primary amides is 1. The third-order valence-corrected chi connectivity index (χ3v) is 4.48. The van der Waals surface area contributed by atoms with Crippen molar-refractivity contribution >= 4 is 5.91 Å². The van der Waals surface area contributed by atoms with Crippen molar-refractivity contribution in [1.82, 2.24) is 14.7 Å². The van der Waals surface area contributed by atoms with Gasteiger partial charge in [0.2, 0.25) is 5.91 Å². The molecular weight excluding hydrogens is 276 g/mol. The van der Waals surface area contributed by atoms with Crippen molar-refractivity contribution in [2.45, 2.75) is 24.8 Å². The molecular formula is C17H22N4O. The van der Waals surface area contributed by atoms with Crippen molar-refractivity contribution < 1.29 is 4.79 Å². The Morgan fingerprint density at radius 2 is 1.95 bits per heavy atom. The van der Waals surface area contributed by atoms with E-state index in [4.69, 9.17) is 5.73 Å². The van der Waals surface area contributed by atoms with Crippen LogP contribution in [0.15, 0.2) is 42.7 Å². The summed E-state index contributed by atoms with van der Waals surface area (Å²) in [6, 6.07) is 9.49. The highest BCUT2D eigenvalue weighted by molar-refractivity contribution is 5.81. The van der Waals surface area contributed by atoms with Crippen molar-refractivity contribution in [3.05, 3.63) is 53.9 Å². The molecule has 5 heteroatoms. The Bertz CT molecular complexity index is 629. The number of hydrogen-bond donors (Lipinski definition) is 1. The molecule has 1 amide bonds. The molecule has 5 nitrogen and oxygen atoms in total. The van der Waals surface area contributed by atoms with Crippen molar-refractivity contribution in [2.24, 2.45) is 12.8 Å². The van der Waals surface area contributed by atoms with E-state index in [1.54, 1.807) is 0 Å². The summed E-state index contributed by atoms with van der Waals surface area (Å²) in [6.07, 6.45) is 6.09. The first-order chi connectivity index (χ1) is 10.6. The van der Waals surface area contributed by atoms with Crippen LogP contribution >= 0.6 is 0 Å². The summed E-state index contributed by atoms with van der Waals surface area (Å²) >= 11 is 0. The maximum atomic E-state index is 11.9.